The second-order valence-electron chi connectivity index (χ2n) is 5.50. The fourth-order valence-corrected chi connectivity index (χ4v) is 3.28. The molecule has 1 aliphatic heterocycles. The van der Waals surface area contributed by atoms with E-state index >= 15 is 0 Å². The van der Waals surface area contributed by atoms with Crippen molar-refractivity contribution in [2.24, 2.45) is 5.92 Å². The molecule has 2 N–H and O–H groups in total. The molecule has 0 saturated carbocycles. The average molecular weight is 346 g/mol. The van der Waals surface area contributed by atoms with Crippen LogP contribution in [0.3, 0.4) is 0 Å². The molecule has 0 bridgehead atoms. The van der Waals surface area contributed by atoms with Crippen LogP contribution in [0.2, 0.25) is 0 Å². The Balaban J connectivity index is 0.00000242. The van der Waals surface area contributed by atoms with E-state index in [-0.39, 0.29) is 24.2 Å². The normalized spacial score (nSPS) is 16.7. The van der Waals surface area contributed by atoms with Crippen LogP contribution >= 0.6 is 23.7 Å². The van der Waals surface area contributed by atoms with E-state index in [1.807, 2.05) is 23.4 Å². The molecule has 2 rings (SSSR count). The van der Waals surface area contributed by atoms with Crippen LogP contribution in [-0.2, 0) is 4.79 Å². The van der Waals surface area contributed by atoms with Gasteiger partial charge in [0.1, 0.15) is 6.04 Å². The summed E-state index contributed by atoms with van der Waals surface area (Å²) in [5.41, 5.74) is 0. The van der Waals surface area contributed by atoms with E-state index in [9.17, 15) is 9.59 Å². The van der Waals surface area contributed by atoms with Gasteiger partial charge >= 0.3 is 0 Å². The highest BCUT2D eigenvalue weighted by atomic mass is 35.5. The minimum atomic E-state index is -0.472. The van der Waals surface area contributed by atoms with Crippen LogP contribution in [0, 0.1) is 5.92 Å². The van der Waals surface area contributed by atoms with E-state index in [4.69, 9.17) is 0 Å². The molecule has 2 amide bonds. The number of piperidine rings is 1. The number of nitrogens with one attached hydrogen (secondary N) is 2. The SMILES string of the molecule is CNCC1CCN(C(=O)C(C)NC(=O)c2cccs2)CC1.Cl. The fourth-order valence-electron chi connectivity index (χ4n) is 2.66. The molecule has 0 aliphatic carbocycles. The van der Waals surface area contributed by atoms with Gasteiger partial charge in [0, 0.05) is 13.1 Å². The second kappa shape index (κ2) is 9.12. The molecule has 1 aliphatic rings. The van der Waals surface area contributed by atoms with Crippen molar-refractivity contribution in [3.05, 3.63) is 22.4 Å². The maximum absolute atomic E-state index is 12.4. The van der Waals surface area contributed by atoms with E-state index < -0.39 is 6.04 Å². The standard InChI is InChI=1S/C15H23N3O2S.ClH/c1-11(17-14(19)13-4-3-9-21-13)15(20)18-7-5-12(6-8-18)10-16-2;/h3-4,9,11-12,16H,5-8,10H2,1-2H3,(H,17,19);1H. The topological polar surface area (TPSA) is 61.4 Å². The number of amides is 2. The van der Waals surface area contributed by atoms with Gasteiger partial charge in [-0.05, 0) is 50.7 Å². The number of hydrogen-bond acceptors (Lipinski definition) is 4. The number of rotatable bonds is 5. The van der Waals surface area contributed by atoms with Gasteiger partial charge in [-0.2, -0.15) is 0 Å². The average Bonchev–Trinajstić information content (AvgIpc) is 3.02. The number of carbonyl (C=O) groups excluding carboxylic acids is 2. The first-order chi connectivity index (χ1) is 10.1. The maximum atomic E-state index is 12.4. The third kappa shape index (κ3) is 4.97. The molecule has 1 fully saturated rings. The zero-order valence-corrected chi connectivity index (χ0v) is 14.6. The summed E-state index contributed by atoms with van der Waals surface area (Å²) < 4.78 is 0. The van der Waals surface area contributed by atoms with Gasteiger partial charge in [-0.25, -0.2) is 0 Å². The summed E-state index contributed by atoms with van der Waals surface area (Å²) in [5, 5.41) is 7.83. The van der Waals surface area contributed by atoms with Crippen molar-refractivity contribution in [3.8, 4) is 0 Å². The minimum Gasteiger partial charge on any atom is -0.341 e. The maximum Gasteiger partial charge on any atom is 0.261 e. The molecule has 0 aromatic carbocycles. The van der Waals surface area contributed by atoms with Gasteiger partial charge in [0.05, 0.1) is 4.88 Å². The zero-order chi connectivity index (χ0) is 15.2. The Morgan fingerprint density at radius 3 is 2.64 bits per heavy atom. The van der Waals surface area contributed by atoms with Crippen molar-refractivity contribution in [1.29, 1.82) is 0 Å². The molecule has 0 spiro atoms. The monoisotopic (exact) mass is 345 g/mol. The summed E-state index contributed by atoms with van der Waals surface area (Å²) in [7, 11) is 1.96. The Morgan fingerprint density at radius 1 is 1.41 bits per heavy atom. The number of likely N-dealkylation sites (tertiary alicyclic amines) is 1. The van der Waals surface area contributed by atoms with Gasteiger partial charge in [-0.15, -0.1) is 23.7 Å². The van der Waals surface area contributed by atoms with Crippen LogP contribution in [-0.4, -0.2) is 49.4 Å². The Morgan fingerprint density at radius 2 is 2.09 bits per heavy atom. The lowest BCUT2D eigenvalue weighted by Gasteiger charge is -2.33. The van der Waals surface area contributed by atoms with E-state index in [1.165, 1.54) is 11.3 Å². The van der Waals surface area contributed by atoms with Gasteiger partial charge in [-0.3, -0.25) is 9.59 Å². The zero-order valence-electron chi connectivity index (χ0n) is 13.0. The van der Waals surface area contributed by atoms with Crippen LogP contribution in [0.25, 0.3) is 0 Å². The summed E-state index contributed by atoms with van der Waals surface area (Å²) in [6, 6.07) is 3.12. The molecular formula is C15H24ClN3O2S. The third-order valence-electron chi connectivity index (χ3n) is 3.88. The van der Waals surface area contributed by atoms with Crippen LogP contribution in [0.5, 0.6) is 0 Å². The Bertz CT molecular complexity index is 473. The Labute approximate surface area is 141 Å². The molecule has 1 saturated heterocycles. The molecule has 1 aromatic rings. The summed E-state index contributed by atoms with van der Waals surface area (Å²) in [4.78, 5) is 26.8. The number of thiophene rings is 1. The highest BCUT2D eigenvalue weighted by molar-refractivity contribution is 7.12. The molecule has 0 radical (unpaired) electrons. The van der Waals surface area contributed by atoms with Crippen LogP contribution in [0.1, 0.15) is 29.4 Å². The molecular weight excluding hydrogens is 322 g/mol. The van der Waals surface area contributed by atoms with E-state index in [0.717, 1.165) is 32.5 Å². The summed E-state index contributed by atoms with van der Waals surface area (Å²) in [6.45, 7) is 4.33. The van der Waals surface area contributed by atoms with Crippen molar-refractivity contribution in [1.82, 2.24) is 15.5 Å². The molecule has 22 heavy (non-hydrogen) atoms. The van der Waals surface area contributed by atoms with Crippen LogP contribution in [0.4, 0.5) is 0 Å². The van der Waals surface area contributed by atoms with Crippen molar-refractivity contribution in [2.45, 2.75) is 25.8 Å². The van der Waals surface area contributed by atoms with Crippen molar-refractivity contribution >= 4 is 35.6 Å². The van der Waals surface area contributed by atoms with E-state index in [1.54, 1.807) is 13.0 Å². The highest BCUT2D eigenvalue weighted by Gasteiger charge is 2.26. The molecule has 7 heteroatoms. The molecule has 124 valence electrons. The van der Waals surface area contributed by atoms with E-state index in [2.05, 4.69) is 10.6 Å². The highest BCUT2D eigenvalue weighted by Crippen LogP contribution is 2.17. The van der Waals surface area contributed by atoms with Gasteiger partial charge < -0.3 is 15.5 Å². The first-order valence-electron chi connectivity index (χ1n) is 7.39. The summed E-state index contributed by atoms with van der Waals surface area (Å²) in [5.74, 6) is 0.494. The fraction of sp³-hybridized carbons (Fsp3) is 0.600. The molecule has 1 aromatic heterocycles. The number of hydrogen-bond donors (Lipinski definition) is 2. The van der Waals surface area contributed by atoms with Crippen LogP contribution < -0.4 is 10.6 Å². The second-order valence-corrected chi connectivity index (χ2v) is 6.45. The molecule has 2 heterocycles. The lowest BCUT2D eigenvalue weighted by Crippen LogP contribution is -2.49. The first-order valence-corrected chi connectivity index (χ1v) is 8.27. The van der Waals surface area contributed by atoms with Gasteiger partial charge in [0.25, 0.3) is 5.91 Å². The Hall–Kier alpha value is -1.11. The lowest BCUT2D eigenvalue weighted by molar-refractivity contribution is -0.134. The predicted molar refractivity (Wildman–Crippen MR) is 91.7 cm³/mol. The minimum absolute atomic E-state index is 0. The quantitative estimate of drug-likeness (QED) is 0.854. The molecule has 1 atom stereocenters. The van der Waals surface area contributed by atoms with Gasteiger partial charge in [-0.1, -0.05) is 6.07 Å². The smallest absolute Gasteiger partial charge is 0.261 e. The Kier molecular flexibility index (Phi) is 7.85. The number of nitrogens with zero attached hydrogens (tertiary/aromatic N) is 1. The van der Waals surface area contributed by atoms with Crippen molar-refractivity contribution < 1.29 is 9.59 Å². The van der Waals surface area contributed by atoms with Gasteiger partial charge in [0.2, 0.25) is 5.91 Å². The first kappa shape index (κ1) is 18.9. The largest absolute Gasteiger partial charge is 0.341 e. The number of halogens is 1. The predicted octanol–water partition coefficient (Wildman–Crippen LogP) is 1.75. The summed E-state index contributed by atoms with van der Waals surface area (Å²) in [6.07, 6.45) is 2.05. The number of carbonyl (C=O) groups is 2. The third-order valence-corrected chi connectivity index (χ3v) is 4.75. The van der Waals surface area contributed by atoms with Crippen molar-refractivity contribution in [3.63, 3.8) is 0 Å². The lowest BCUT2D eigenvalue weighted by atomic mass is 9.96. The van der Waals surface area contributed by atoms with E-state index in [0.29, 0.717) is 10.8 Å². The van der Waals surface area contributed by atoms with Crippen LogP contribution in [0.15, 0.2) is 17.5 Å². The summed E-state index contributed by atoms with van der Waals surface area (Å²) >= 11 is 1.38. The molecule has 1 unspecified atom stereocenters. The molecule has 5 nitrogen and oxygen atoms in total. The van der Waals surface area contributed by atoms with Crippen molar-refractivity contribution in [2.75, 3.05) is 26.7 Å². The van der Waals surface area contributed by atoms with Gasteiger partial charge in [0.15, 0.2) is 0 Å².